The Bertz CT molecular complexity index is 335. The minimum atomic E-state index is 0.434. The maximum absolute atomic E-state index is 3.46. The molecule has 0 aliphatic carbocycles. The van der Waals surface area contributed by atoms with Crippen LogP contribution in [0.1, 0.15) is 56.3 Å². The molecule has 0 amide bonds. The first-order chi connectivity index (χ1) is 7.81. The van der Waals surface area contributed by atoms with E-state index in [1.54, 1.807) is 0 Å². The van der Waals surface area contributed by atoms with Gasteiger partial charge in [0.25, 0.3) is 0 Å². The molecule has 17 heavy (non-hydrogen) atoms. The van der Waals surface area contributed by atoms with Gasteiger partial charge in [0.1, 0.15) is 0 Å². The van der Waals surface area contributed by atoms with E-state index in [1.165, 1.54) is 22.6 Å². The van der Waals surface area contributed by atoms with Crippen LogP contribution < -0.4 is 5.32 Å². The molecule has 0 fully saturated rings. The largest absolute Gasteiger partial charge is 0.312 e. The van der Waals surface area contributed by atoms with Gasteiger partial charge in [-0.1, -0.05) is 27.7 Å². The number of hydrogen-bond acceptors (Lipinski definition) is 2. The Morgan fingerprint density at radius 2 is 1.94 bits per heavy atom. The molecule has 0 saturated carbocycles. The van der Waals surface area contributed by atoms with Crippen molar-refractivity contribution in [3.05, 3.63) is 21.9 Å². The number of nitrogens with one attached hydrogen (secondary N) is 1. The molecular weight excluding hydrogens is 226 g/mol. The average Bonchev–Trinajstić information content (AvgIpc) is 2.58. The van der Waals surface area contributed by atoms with Crippen molar-refractivity contribution in [3.8, 4) is 0 Å². The summed E-state index contributed by atoms with van der Waals surface area (Å²) in [5, 5.41) is 3.46. The topological polar surface area (TPSA) is 12.0 Å². The van der Waals surface area contributed by atoms with E-state index in [4.69, 9.17) is 0 Å². The van der Waals surface area contributed by atoms with E-state index in [-0.39, 0.29) is 0 Å². The Balaban J connectivity index is 2.58. The van der Waals surface area contributed by atoms with Crippen molar-refractivity contribution < 1.29 is 0 Å². The van der Waals surface area contributed by atoms with Crippen LogP contribution in [0.25, 0.3) is 0 Å². The molecule has 0 aliphatic rings. The molecule has 0 bridgehead atoms. The molecule has 1 N–H and O–H groups in total. The fourth-order valence-electron chi connectivity index (χ4n) is 2.55. The fourth-order valence-corrected chi connectivity index (χ4v) is 3.55. The van der Waals surface area contributed by atoms with E-state index in [0.717, 1.165) is 5.92 Å². The van der Waals surface area contributed by atoms with E-state index in [9.17, 15) is 0 Å². The van der Waals surface area contributed by atoms with E-state index in [1.807, 2.05) is 11.3 Å². The fraction of sp³-hybridized carbons (Fsp3) is 0.733. The zero-order chi connectivity index (χ0) is 13.1. The van der Waals surface area contributed by atoms with Crippen molar-refractivity contribution in [2.24, 2.45) is 11.3 Å². The van der Waals surface area contributed by atoms with Gasteiger partial charge in [0.05, 0.1) is 0 Å². The predicted molar refractivity (Wildman–Crippen MR) is 78.7 cm³/mol. The molecule has 0 spiro atoms. The third kappa shape index (κ3) is 5.22. The molecule has 98 valence electrons. The summed E-state index contributed by atoms with van der Waals surface area (Å²) in [5.41, 5.74) is 0.434. The number of hydrogen-bond donors (Lipinski definition) is 1. The van der Waals surface area contributed by atoms with Crippen molar-refractivity contribution >= 4 is 11.3 Å². The van der Waals surface area contributed by atoms with Crippen LogP contribution in [0.4, 0.5) is 0 Å². The second-order valence-corrected chi connectivity index (χ2v) is 7.71. The first-order valence-corrected chi connectivity index (χ1v) is 7.37. The highest BCUT2D eigenvalue weighted by Gasteiger charge is 2.20. The molecule has 0 aliphatic heterocycles. The van der Waals surface area contributed by atoms with Crippen LogP contribution in [0.5, 0.6) is 0 Å². The molecule has 0 saturated heterocycles. The molecule has 1 aromatic rings. The first kappa shape index (κ1) is 14.7. The second kappa shape index (κ2) is 6.01. The summed E-state index contributed by atoms with van der Waals surface area (Å²) < 4.78 is 0. The Hall–Kier alpha value is -0.340. The molecule has 1 heterocycles. The maximum Gasteiger partial charge on any atom is 0.0415 e. The van der Waals surface area contributed by atoms with Gasteiger partial charge in [0.15, 0.2) is 0 Å². The average molecular weight is 253 g/mol. The maximum atomic E-state index is 3.46. The van der Waals surface area contributed by atoms with Crippen LogP contribution >= 0.6 is 11.3 Å². The lowest BCUT2D eigenvalue weighted by molar-refractivity contribution is 0.280. The lowest BCUT2D eigenvalue weighted by atomic mass is 9.83. The number of aryl methyl sites for hydroxylation is 1. The van der Waals surface area contributed by atoms with Gasteiger partial charge in [-0.3, -0.25) is 0 Å². The summed E-state index contributed by atoms with van der Waals surface area (Å²) in [7, 11) is 2.07. The lowest BCUT2D eigenvalue weighted by Gasteiger charge is -2.26. The molecule has 2 atom stereocenters. The summed E-state index contributed by atoms with van der Waals surface area (Å²) in [4.78, 5) is 2.88. The molecule has 0 radical (unpaired) electrons. The zero-order valence-electron chi connectivity index (χ0n) is 12.1. The standard InChI is InChI=1S/C15H27NS/c1-11(10-15(3,4)5)9-13(16-6)14-8-7-12(2)17-14/h7-8,11,13,16H,9-10H2,1-6H3. The first-order valence-electron chi connectivity index (χ1n) is 6.55. The third-order valence-corrected chi connectivity index (χ3v) is 4.17. The predicted octanol–water partition coefficient (Wildman–Crippen LogP) is 4.78. The molecule has 1 aromatic heterocycles. The van der Waals surface area contributed by atoms with Crippen LogP contribution in [0.15, 0.2) is 12.1 Å². The van der Waals surface area contributed by atoms with Gasteiger partial charge >= 0.3 is 0 Å². The van der Waals surface area contributed by atoms with E-state index in [2.05, 4.69) is 59.1 Å². The van der Waals surface area contributed by atoms with Gasteiger partial charge in [0, 0.05) is 15.8 Å². The van der Waals surface area contributed by atoms with Crippen molar-refractivity contribution in [3.63, 3.8) is 0 Å². The highest BCUT2D eigenvalue weighted by molar-refractivity contribution is 7.12. The molecule has 1 nitrogen and oxygen atoms in total. The van der Waals surface area contributed by atoms with Crippen molar-refractivity contribution in [2.75, 3.05) is 7.05 Å². The Morgan fingerprint density at radius 1 is 1.29 bits per heavy atom. The van der Waals surface area contributed by atoms with E-state index >= 15 is 0 Å². The van der Waals surface area contributed by atoms with Crippen molar-refractivity contribution in [1.82, 2.24) is 5.32 Å². The summed E-state index contributed by atoms with van der Waals surface area (Å²) in [6.45, 7) is 11.5. The molecule has 0 aromatic carbocycles. The van der Waals surface area contributed by atoms with Crippen LogP contribution in [-0.4, -0.2) is 7.05 Å². The zero-order valence-corrected chi connectivity index (χ0v) is 12.9. The number of rotatable bonds is 5. The van der Waals surface area contributed by atoms with Crippen molar-refractivity contribution in [2.45, 2.75) is 53.5 Å². The van der Waals surface area contributed by atoms with Crippen LogP contribution in [-0.2, 0) is 0 Å². The smallest absolute Gasteiger partial charge is 0.0415 e. The van der Waals surface area contributed by atoms with E-state index in [0.29, 0.717) is 11.5 Å². The number of thiophene rings is 1. The Labute approximate surface area is 111 Å². The lowest BCUT2D eigenvalue weighted by Crippen LogP contribution is -2.20. The van der Waals surface area contributed by atoms with Crippen LogP contribution in [0.2, 0.25) is 0 Å². The van der Waals surface area contributed by atoms with Gasteiger partial charge in [-0.15, -0.1) is 11.3 Å². The van der Waals surface area contributed by atoms with Gasteiger partial charge in [-0.05, 0) is 50.3 Å². The van der Waals surface area contributed by atoms with Crippen LogP contribution in [0, 0.1) is 18.3 Å². The van der Waals surface area contributed by atoms with E-state index < -0.39 is 0 Å². The SMILES string of the molecule is CNC(CC(C)CC(C)(C)C)c1ccc(C)s1. The summed E-state index contributed by atoms with van der Waals surface area (Å²) in [6, 6.07) is 5.01. The molecular formula is C15H27NS. The minimum Gasteiger partial charge on any atom is -0.312 e. The quantitative estimate of drug-likeness (QED) is 0.796. The van der Waals surface area contributed by atoms with Gasteiger partial charge in [0.2, 0.25) is 0 Å². The van der Waals surface area contributed by atoms with Gasteiger partial charge in [-0.2, -0.15) is 0 Å². The van der Waals surface area contributed by atoms with Gasteiger partial charge < -0.3 is 5.32 Å². The monoisotopic (exact) mass is 253 g/mol. The second-order valence-electron chi connectivity index (χ2n) is 6.40. The highest BCUT2D eigenvalue weighted by atomic mass is 32.1. The van der Waals surface area contributed by atoms with Crippen LogP contribution in [0.3, 0.4) is 0 Å². The van der Waals surface area contributed by atoms with Gasteiger partial charge in [-0.25, -0.2) is 0 Å². The normalized spacial score (nSPS) is 15.9. The Kier molecular flexibility index (Phi) is 5.21. The molecule has 2 unspecified atom stereocenters. The minimum absolute atomic E-state index is 0.434. The summed E-state index contributed by atoms with van der Waals surface area (Å²) in [6.07, 6.45) is 2.52. The Morgan fingerprint density at radius 3 is 2.35 bits per heavy atom. The summed E-state index contributed by atoms with van der Waals surface area (Å²) in [5.74, 6) is 0.759. The van der Waals surface area contributed by atoms with Crippen molar-refractivity contribution in [1.29, 1.82) is 0 Å². The highest BCUT2D eigenvalue weighted by Crippen LogP contribution is 2.32. The summed E-state index contributed by atoms with van der Waals surface area (Å²) >= 11 is 1.92. The molecule has 1 rings (SSSR count). The molecule has 2 heteroatoms. The third-order valence-electron chi connectivity index (χ3n) is 3.05.